The molecule has 0 unspecified atom stereocenters. The molecule has 0 amide bonds. The average Bonchev–Trinajstić information content (AvgIpc) is 3.17. The molecule has 4 atom stereocenters. The number of aliphatic hydroxyl groups is 1. The molecule has 166 valence electrons. The summed E-state index contributed by atoms with van der Waals surface area (Å²) in [4.78, 5) is 11.3. The number of aromatic nitrogens is 5. The number of hydrogen-bond donors (Lipinski definition) is 1. The molecule has 2 aromatic rings. The van der Waals surface area contributed by atoms with Crippen LogP contribution in [-0.4, -0.2) is 55.9 Å². The van der Waals surface area contributed by atoms with Gasteiger partial charge in [-0.05, 0) is 62.3 Å². The van der Waals surface area contributed by atoms with E-state index in [1.165, 1.54) is 12.8 Å². The predicted molar refractivity (Wildman–Crippen MR) is 114 cm³/mol. The quantitative estimate of drug-likeness (QED) is 0.763. The molecule has 8 heteroatoms. The van der Waals surface area contributed by atoms with Crippen molar-refractivity contribution in [1.82, 2.24) is 25.0 Å². The van der Waals surface area contributed by atoms with Gasteiger partial charge in [-0.25, -0.2) is 14.6 Å². The van der Waals surface area contributed by atoms with E-state index in [0.717, 1.165) is 75.8 Å². The molecule has 3 saturated carbocycles. The molecule has 31 heavy (non-hydrogen) atoms. The summed E-state index contributed by atoms with van der Waals surface area (Å²) in [6.45, 7) is 2.83. The Labute approximate surface area is 183 Å². The number of ether oxygens (including phenoxy) is 1. The Hall–Kier alpha value is -2.06. The summed E-state index contributed by atoms with van der Waals surface area (Å²) in [6, 6.07) is 2.04. The topological polar surface area (TPSA) is 89.2 Å². The minimum absolute atomic E-state index is 0.145. The smallest absolute Gasteiger partial charge is 0.225 e. The minimum Gasteiger partial charge on any atom is -0.383 e. The van der Waals surface area contributed by atoms with Crippen LogP contribution >= 0.6 is 0 Å². The number of rotatable bonds is 6. The monoisotopic (exact) mass is 424 g/mol. The van der Waals surface area contributed by atoms with Crippen molar-refractivity contribution in [3.63, 3.8) is 0 Å². The molecule has 0 spiro atoms. The molecule has 4 aliphatic rings. The van der Waals surface area contributed by atoms with Crippen LogP contribution in [0.15, 0.2) is 24.7 Å². The zero-order valence-electron chi connectivity index (χ0n) is 18.0. The van der Waals surface area contributed by atoms with Gasteiger partial charge in [0.15, 0.2) is 0 Å². The SMILES string of the molecule is OC1(c2cn([C@@H]3C[C@@H]4CN(c5ncccn5)C[C@@H]4C[C@H]3OCC3CC3)nn2)CCCC1. The first-order valence-corrected chi connectivity index (χ1v) is 12.0. The highest BCUT2D eigenvalue weighted by atomic mass is 16.5. The summed E-state index contributed by atoms with van der Waals surface area (Å²) >= 11 is 0. The highest BCUT2D eigenvalue weighted by Gasteiger charge is 2.45. The maximum absolute atomic E-state index is 11.0. The Morgan fingerprint density at radius 3 is 2.55 bits per heavy atom. The Bertz CT molecular complexity index is 894. The van der Waals surface area contributed by atoms with Gasteiger partial charge in [0.2, 0.25) is 5.95 Å². The van der Waals surface area contributed by atoms with E-state index < -0.39 is 5.60 Å². The zero-order chi connectivity index (χ0) is 20.8. The second-order valence-electron chi connectivity index (χ2n) is 10.2. The third-order valence-electron chi connectivity index (χ3n) is 7.92. The lowest BCUT2D eigenvalue weighted by molar-refractivity contribution is -0.0376. The highest BCUT2D eigenvalue weighted by molar-refractivity contribution is 5.31. The van der Waals surface area contributed by atoms with E-state index in [-0.39, 0.29) is 12.1 Å². The molecule has 6 rings (SSSR count). The van der Waals surface area contributed by atoms with Gasteiger partial charge in [0.05, 0.1) is 18.3 Å². The fourth-order valence-corrected chi connectivity index (χ4v) is 5.88. The summed E-state index contributed by atoms with van der Waals surface area (Å²) in [5, 5.41) is 19.9. The van der Waals surface area contributed by atoms with Gasteiger partial charge < -0.3 is 14.7 Å². The van der Waals surface area contributed by atoms with Gasteiger partial charge in [-0.2, -0.15) is 0 Å². The van der Waals surface area contributed by atoms with Crippen LogP contribution in [0.1, 0.15) is 63.1 Å². The van der Waals surface area contributed by atoms with Gasteiger partial charge in [-0.15, -0.1) is 5.10 Å². The molecule has 1 N–H and O–H groups in total. The first kappa shape index (κ1) is 19.6. The molecule has 8 nitrogen and oxygen atoms in total. The Kier molecular flexibility index (Phi) is 4.94. The number of anilines is 1. The lowest BCUT2D eigenvalue weighted by Crippen LogP contribution is -2.38. The first-order valence-electron chi connectivity index (χ1n) is 12.0. The van der Waals surface area contributed by atoms with Crippen LogP contribution in [0.4, 0.5) is 5.95 Å². The van der Waals surface area contributed by atoms with Crippen LogP contribution in [0.25, 0.3) is 0 Å². The summed E-state index contributed by atoms with van der Waals surface area (Å²) in [7, 11) is 0. The molecule has 0 bridgehead atoms. The third-order valence-corrected chi connectivity index (χ3v) is 7.92. The Morgan fingerprint density at radius 2 is 1.81 bits per heavy atom. The van der Waals surface area contributed by atoms with E-state index in [9.17, 15) is 5.11 Å². The lowest BCUT2D eigenvalue weighted by Gasteiger charge is -2.37. The molecule has 0 radical (unpaired) electrons. The van der Waals surface area contributed by atoms with Gasteiger partial charge in [-0.1, -0.05) is 18.1 Å². The summed E-state index contributed by atoms with van der Waals surface area (Å²) in [5.41, 5.74) is -0.0620. The van der Waals surface area contributed by atoms with Crippen LogP contribution in [0.5, 0.6) is 0 Å². The number of hydrogen-bond acceptors (Lipinski definition) is 7. The van der Waals surface area contributed by atoms with Gasteiger partial charge in [-0.3, -0.25) is 0 Å². The van der Waals surface area contributed by atoms with E-state index in [2.05, 4.69) is 25.2 Å². The summed E-state index contributed by atoms with van der Waals surface area (Å²) in [6.07, 6.45) is 14.1. The first-order chi connectivity index (χ1) is 15.2. The molecule has 4 fully saturated rings. The van der Waals surface area contributed by atoms with Crippen molar-refractivity contribution in [3.05, 3.63) is 30.4 Å². The lowest BCUT2D eigenvalue weighted by atomic mass is 9.77. The molecular weight excluding hydrogens is 392 g/mol. The third kappa shape index (κ3) is 3.84. The molecule has 1 saturated heterocycles. The van der Waals surface area contributed by atoms with Crippen molar-refractivity contribution in [2.45, 2.75) is 69.1 Å². The van der Waals surface area contributed by atoms with Crippen LogP contribution < -0.4 is 4.90 Å². The van der Waals surface area contributed by atoms with Crippen molar-refractivity contribution in [2.75, 3.05) is 24.6 Å². The zero-order valence-corrected chi connectivity index (χ0v) is 18.0. The second-order valence-corrected chi connectivity index (χ2v) is 10.2. The van der Waals surface area contributed by atoms with Gasteiger partial charge in [0, 0.05) is 32.1 Å². The fraction of sp³-hybridized carbons (Fsp3) is 0.739. The van der Waals surface area contributed by atoms with E-state index >= 15 is 0 Å². The van der Waals surface area contributed by atoms with Gasteiger partial charge in [0.25, 0.3) is 0 Å². The summed E-state index contributed by atoms with van der Waals surface area (Å²) in [5.74, 6) is 2.72. The van der Waals surface area contributed by atoms with Crippen LogP contribution in [-0.2, 0) is 10.3 Å². The normalized spacial score (nSPS) is 32.4. The highest BCUT2D eigenvalue weighted by Crippen LogP contribution is 2.44. The van der Waals surface area contributed by atoms with Crippen LogP contribution in [0, 0.1) is 17.8 Å². The van der Waals surface area contributed by atoms with Crippen molar-refractivity contribution in [3.8, 4) is 0 Å². The average molecular weight is 425 g/mol. The van der Waals surface area contributed by atoms with Crippen molar-refractivity contribution < 1.29 is 9.84 Å². The van der Waals surface area contributed by atoms with Gasteiger partial charge >= 0.3 is 0 Å². The van der Waals surface area contributed by atoms with Crippen LogP contribution in [0.3, 0.4) is 0 Å². The molecular formula is C23H32N6O2. The minimum atomic E-state index is -0.797. The van der Waals surface area contributed by atoms with E-state index in [1.54, 1.807) is 0 Å². The van der Waals surface area contributed by atoms with E-state index in [0.29, 0.717) is 11.8 Å². The van der Waals surface area contributed by atoms with Crippen molar-refractivity contribution >= 4 is 5.95 Å². The second kappa shape index (κ2) is 7.81. The van der Waals surface area contributed by atoms with Crippen molar-refractivity contribution in [2.24, 2.45) is 17.8 Å². The molecule has 1 aliphatic heterocycles. The number of fused-ring (bicyclic) bond motifs is 1. The predicted octanol–water partition coefficient (Wildman–Crippen LogP) is 2.71. The molecule has 0 aromatic carbocycles. The molecule has 2 aromatic heterocycles. The van der Waals surface area contributed by atoms with Crippen LogP contribution in [0.2, 0.25) is 0 Å². The fourth-order valence-electron chi connectivity index (χ4n) is 5.88. The Balaban J connectivity index is 1.22. The van der Waals surface area contributed by atoms with E-state index in [1.807, 2.05) is 29.3 Å². The Morgan fingerprint density at radius 1 is 1.06 bits per heavy atom. The standard InChI is InChI=1S/C23H32N6O2/c30-23(6-1-2-7-23)21-14-29(27-26-21)19-10-17-12-28(22-24-8-3-9-25-22)13-18(17)11-20(19)31-15-16-4-5-16/h3,8-9,14,16-20,30H,1-2,4-7,10-13,15H2/t17-,18+,19-,20-/m1/s1. The van der Waals surface area contributed by atoms with Crippen molar-refractivity contribution in [1.29, 1.82) is 0 Å². The molecule has 3 aliphatic carbocycles. The largest absolute Gasteiger partial charge is 0.383 e. The number of nitrogens with zero attached hydrogens (tertiary/aromatic N) is 6. The molecule has 3 heterocycles. The van der Waals surface area contributed by atoms with Gasteiger partial charge in [0.1, 0.15) is 11.3 Å². The van der Waals surface area contributed by atoms with E-state index in [4.69, 9.17) is 4.74 Å². The maximum Gasteiger partial charge on any atom is 0.225 e. The summed E-state index contributed by atoms with van der Waals surface area (Å²) < 4.78 is 8.48. The maximum atomic E-state index is 11.0.